The number of benzene rings is 2. The van der Waals surface area contributed by atoms with E-state index >= 15 is 0 Å². The Bertz CT molecular complexity index is 644. The third-order valence-corrected chi connectivity index (χ3v) is 4.98. The molecule has 1 heterocycles. The minimum Gasteiger partial charge on any atom is -0.489 e. The van der Waals surface area contributed by atoms with Crippen molar-refractivity contribution < 1.29 is 8.95 Å². The van der Waals surface area contributed by atoms with Crippen molar-refractivity contribution in [2.24, 2.45) is 0 Å². The predicted octanol–water partition coefficient (Wildman–Crippen LogP) is 2.69. The van der Waals surface area contributed by atoms with Crippen LogP contribution in [0.4, 0.5) is 5.69 Å². The minimum absolute atomic E-state index is 0.0341. The second kappa shape index (κ2) is 5.29. The van der Waals surface area contributed by atoms with Gasteiger partial charge in [-0.3, -0.25) is 4.21 Å². The first-order chi connectivity index (χ1) is 9.63. The number of nitrogen functional groups attached to an aromatic ring is 1. The highest BCUT2D eigenvalue weighted by Crippen LogP contribution is 2.29. The maximum atomic E-state index is 12.5. The SMILES string of the molecule is Cc1ccc(N)c(S(=O)CC2Cc3ccccc3O2)c1. The molecule has 0 fully saturated rings. The molecular weight excluding hydrogens is 270 g/mol. The molecule has 104 valence electrons. The van der Waals surface area contributed by atoms with Crippen molar-refractivity contribution in [3.8, 4) is 5.75 Å². The van der Waals surface area contributed by atoms with Crippen LogP contribution in [0.1, 0.15) is 11.1 Å². The third-order valence-electron chi connectivity index (χ3n) is 3.47. The molecule has 0 radical (unpaired) electrons. The zero-order chi connectivity index (χ0) is 14.1. The summed E-state index contributed by atoms with van der Waals surface area (Å²) in [6.07, 6.45) is 0.779. The molecule has 0 bridgehead atoms. The lowest BCUT2D eigenvalue weighted by molar-refractivity contribution is 0.258. The number of anilines is 1. The Hall–Kier alpha value is -1.81. The fourth-order valence-corrected chi connectivity index (χ4v) is 3.80. The van der Waals surface area contributed by atoms with Crippen molar-refractivity contribution in [2.75, 3.05) is 11.5 Å². The Morgan fingerprint density at radius 2 is 2.10 bits per heavy atom. The minimum atomic E-state index is -1.13. The summed E-state index contributed by atoms with van der Waals surface area (Å²) in [5, 5.41) is 0. The van der Waals surface area contributed by atoms with Crippen LogP contribution in [-0.4, -0.2) is 16.1 Å². The number of nitrogens with two attached hydrogens (primary N) is 1. The highest BCUT2D eigenvalue weighted by molar-refractivity contribution is 7.85. The first-order valence-electron chi connectivity index (χ1n) is 6.62. The van der Waals surface area contributed by atoms with Crippen LogP contribution in [0, 0.1) is 6.92 Å². The number of fused-ring (bicyclic) bond motifs is 1. The van der Waals surface area contributed by atoms with Crippen LogP contribution < -0.4 is 10.5 Å². The maximum absolute atomic E-state index is 12.5. The molecule has 0 aromatic heterocycles. The Morgan fingerprint density at radius 3 is 2.90 bits per heavy atom. The van der Waals surface area contributed by atoms with Gasteiger partial charge >= 0.3 is 0 Å². The zero-order valence-electron chi connectivity index (χ0n) is 11.3. The number of ether oxygens (including phenoxy) is 1. The van der Waals surface area contributed by atoms with Crippen molar-refractivity contribution in [3.05, 3.63) is 53.6 Å². The molecule has 0 aliphatic carbocycles. The van der Waals surface area contributed by atoms with Gasteiger partial charge in [-0.25, -0.2) is 0 Å². The molecule has 2 atom stereocenters. The van der Waals surface area contributed by atoms with Gasteiger partial charge in [0.05, 0.1) is 21.4 Å². The molecule has 0 saturated heterocycles. The van der Waals surface area contributed by atoms with E-state index in [9.17, 15) is 4.21 Å². The summed E-state index contributed by atoms with van der Waals surface area (Å²) in [7, 11) is -1.13. The van der Waals surface area contributed by atoms with E-state index in [0.717, 1.165) is 17.7 Å². The molecule has 1 aliphatic heterocycles. The Kier molecular flexibility index (Phi) is 3.49. The van der Waals surface area contributed by atoms with Crippen LogP contribution in [0.25, 0.3) is 0 Å². The van der Waals surface area contributed by atoms with E-state index in [1.165, 1.54) is 5.56 Å². The molecule has 3 nitrogen and oxygen atoms in total. The topological polar surface area (TPSA) is 52.3 Å². The van der Waals surface area contributed by atoms with Crippen molar-refractivity contribution in [3.63, 3.8) is 0 Å². The summed E-state index contributed by atoms with van der Waals surface area (Å²) < 4.78 is 18.3. The van der Waals surface area contributed by atoms with Gasteiger partial charge in [-0.05, 0) is 36.2 Å². The molecule has 0 saturated carbocycles. The number of hydrogen-bond acceptors (Lipinski definition) is 3. The second-order valence-corrected chi connectivity index (χ2v) is 6.57. The van der Waals surface area contributed by atoms with Crippen molar-refractivity contribution >= 4 is 16.5 Å². The Balaban J connectivity index is 1.74. The van der Waals surface area contributed by atoms with Gasteiger partial charge in [0.1, 0.15) is 11.9 Å². The normalized spacial score (nSPS) is 18.4. The zero-order valence-corrected chi connectivity index (χ0v) is 12.2. The molecule has 4 heteroatoms. The summed E-state index contributed by atoms with van der Waals surface area (Å²) in [5.74, 6) is 1.38. The molecule has 3 rings (SSSR count). The largest absolute Gasteiger partial charge is 0.489 e. The highest BCUT2D eigenvalue weighted by atomic mass is 32.2. The van der Waals surface area contributed by atoms with Crippen LogP contribution in [0.5, 0.6) is 5.75 Å². The van der Waals surface area contributed by atoms with Crippen LogP contribution in [0.3, 0.4) is 0 Å². The van der Waals surface area contributed by atoms with Crippen LogP contribution >= 0.6 is 0 Å². The van der Waals surface area contributed by atoms with Crippen LogP contribution in [0.2, 0.25) is 0 Å². The standard InChI is InChI=1S/C16H17NO2S/c1-11-6-7-14(17)16(8-11)20(18)10-13-9-12-4-2-3-5-15(12)19-13/h2-8,13H,9-10,17H2,1H3. The summed E-state index contributed by atoms with van der Waals surface area (Å²) in [6, 6.07) is 13.6. The lowest BCUT2D eigenvalue weighted by atomic mass is 10.1. The number of hydrogen-bond donors (Lipinski definition) is 1. The molecule has 2 aromatic rings. The maximum Gasteiger partial charge on any atom is 0.123 e. The monoisotopic (exact) mass is 287 g/mol. The van der Waals surface area contributed by atoms with Gasteiger partial charge in [0, 0.05) is 12.1 Å². The average molecular weight is 287 g/mol. The van der Waals surface area contributed by atoms with Crippen molar-refractivity contribution in [2.45, 2.75) is 24.3 Å². The molecule has 20 heavy (non-hydrogen) atoms. The predicted molar refractivity (Wildman–Crippen MR) is 81.4 cm³/mol. The summed E-state index contributed by atoms with van der Waals surface area (Å²) in [4.78, 5) is 0.713. The number of aryl methyl sites for hydroxylation is 1. The summed E-state index contributed by atoms with van der Waals surface area (Å²) >= 11 is 0. The highest BCUT2D eigenvalue weighted by Gasteiger charge is 2.25. The number of rotatable bonds is 3. The summed E-state index contributed by atoms with van der Waals surface area (Å²) in [6.45, 7) is 1.97. The molecule has 2 unspecified atom stereocenters. The van der Waals surface area contributed by atoms with Gasteiger partial charge in [0.2, 0.25) is 0 Å². The van der Waals surface area contributed by atoms with Gasteiger partial charge in [-0.15, -0.1) is 0 Å². The van der Waals surface area contributed by atoms with Crippen molar-refractivity contribution in [1.82, 2.24) is 0 Å². The smallest absolute Gasteiger partial charge is 0.123 e. The molecule has 2 N–H and O–H groups in total. The van der Waals surface area contributed by atoms with E-state index in [4.69, 9.17) is 10.5 Å². The molecule has 1 aliphatic rings. The second-order valence-electron chi connectivity index (χ2n) is 5.11. The Labute approximate surface area is 121 Å². The van der Waals surface area contributed by atoms with Gasteiger partial charge in [0.15, 0.2) is 0 Å². The number of para-hydroxylation sites is 1. The first-order valence-corrected chi connectivity index (χ1v) is 7.94. The van der Waals surface area contributed by atoms with E-state index in [2.05, 4.69) is 6.07 Å². The van der Waals surface area contributed by atoms with Crippen LogP contribution in [-0.2, 0) is 17.2 Å². The third kappa shape index (κ3) is 2.56. The molecule has 0 amide bonds. The molecule has 0 spiro atoms. The van der Waals surface area contributed by atoms with E-state index in [1.54, 1.807) is 0 Å². The Morgan fingerprint density at radius 1 is 1.30 bits per heavy atom. The van der Waals surface area contributed by atoms with E-state index in [1.807, 2.05) is 43.3 Å². The van der Waals surface area contributed by atoms with Gasteiger partial charge in [-0.2, -0.15) is 0 Å². The fraction of sp³-hybridized carbons (Fsp3) is 0.250. The average Bonchev–Trinajstić information content (AvgIpc) is 2.83. The van der Waals surface area contributed by atoms with E-state index < -0.39 is 10.8 Å². The lowest BCUT2D eigenvalue weighted by Gasteiger charge is -2.12. The van der Waals surface area contributed by atoms with Crippen molar-refractivity contribution in [1.29, 1.82) is 0 Å². The van der Waals surface area contributed by atoms with Crippen LogP contribution in [0.15, 0.2) is 47.4 Å². The quantitative estimate of drug-likeness (QED) is 0.883. The lowest BCUT2D eigenvalue weighted by Crippen LogP contribution is -2.22. The fourth-order valence-electron chi connectivity index (χ4n) is 2.44. The summed E-state index contributed by atoms with van der Waals surface area (Å²) in [5.41, 5.74) is 8.76. The molecular formula is C16H17NO2S. The van der Waals surface area contributed by atoms with Gasteiger partial charge in [-0.1, -0.05) is 24.3 Å². The first kappa shape index (κ1) is 13.2. The van der Waals surface area contributed by atoms with Gasteiger partial charge < -0.3 is 10.5 Å². The van der Waals surface area contributed by atoms with Gasteiger partial charge in [0.25, 0.3) is 0 Å². The molecule has 2 aromatic carbocycles. The van der Waals surface area contributed by atoms with E-state index in [-0.39, 0.29) is 6.10 Å². The van der Waals surface area contributed by atoms with E-state index in [0.29, 0.717) is 16.3 Å².